The van der Waals surface area contributed by atoms with Gasteiger partial charge in [0.2, 0.25) is 0 Å². The number of thiocarbonyl (C=S) groups is 1. The summed E-state index contributed by atoms with van der Waals surface area (Å²) in [5.41, 5.74) is 0.743. The van der Waals surface area contributed by atoms with Crippen LogP contribution in [0, 0.1) is 0 Å². The third-order valence-electron chi connectivity index (χ3n) is 3.50. The molecule has 1 aromatic rings. The SMILES string of the molecule is COc1ccc(Cl)cc1NC(=S)N1CCCC[C@H]1CO. The molecule has 2 N–H and O–H groups in total. The standard InChI is InChI=1S/C14H19ClN2O2S/c1-19-13-6-5-10(15)8-12(13)16-14(20)17-7-3-2-4-11(17)9-18/h5-6,8,11,18H,2-4,7,9H2,1H3,(H,16,20)/t11-/m0/s1. The van der Waals surface area contributed by atoms with Gasteiger partial charge in [-0.2, -0.15) is 0 Å². The molecule has 1 aliphatic heterocycles. The summed E-state index contributed by atoms with van der Waals surface area (Å²) in [6, 6.07) is 5.44. The van der Waals surface area contributed by atoms with Crippen LogP contribution in [0.1, 0.15) is 19.3 Å². The van der Waals surface area contributed by atoms with Crippen LogP contribution in [0.4, 0.5) is 5.69 Å². The average molecular weight is 315 g/mol. The van der Waals surface area contributed by atoms with Crippen molar-refractivity contribution in [3.05, 3.63) is 23.2 Å². The lowest BCUT2D eigenvalue weighted by atomic mass is 10.0. The summed E-state index contributed by atoms with van der Waals surface area (Å²) in [5, 5.41) is 13.8. The van der Waals surface area contributed by atoms with E-state index in [9.17, 15) is 5.11 Å². The van der Waals surface area contributed by atoms with E-state index < -0.39 is 0 Å². The zero-order valence-electron chi connectivity index (χ0n) is 11.4. The van der Waals surface area contributed by atoms with Gasteiger partial charge < -0.3 is 20.1 Å². The second kappa shape index (κ2) is 7.11. The monoisotopic (exact) mass is 314 g/mol. The van der Waals surface area contributed by atoms with Crippen LogP contribution in [-0.2, 0) is 0 Å². The Bertz CT molecular complexity index is 484. The molecule has 1 fully saturated rings. The van der Waals surface area contributed by atoms with E-state index in [1.165, 1.54) is 0 Å². The molecule has 4 nitrogen and oxygen atoms in total. The molecule has 2 rings (SSSR count). The molecule has 0 spiro atoms. The number of halogens is 1. The number of hydrogen-bond acceptors (Lipinski definition) is 3. The molecular weight excluding hydrogens is 296 g/mol. The number of anilines is 1. The normalized spacial score (nSPS) is 18.8. The number of piperidine rings is 1. The zero-order valence-corrected chi connectivity index (χ0v) is 13.0. The number of nitrogens with one attached hydrogen (secondary N) is 1. The van der Waals surface area contributed by atoms with E-state index in [0.29, 0.717) is 15.9 Å². The van der Waals surface area contributed by atoms with Gasteiger partial charge in [-0.3, -0.25) is 0 Å². The summed E-state index contributed by atoms with van der Waals surface area (Å²) in [6.07, 6.45) is 3.18. The van der Waals surface area contributed by atoms with Gasteiger partial charge in [-0.25, -0.2) is 0 Å². The lowest BCUT2D eigenvalue weighted by Crippen LogP contribution is -2.47. The first-order chi connectivity index (χ1) is 9.65. The average Bonchev–Trinajstić information content (AvgIpc) is 2.47. The van der Waals surface area contributed by atoms with Gasteiger partial charge in [-0.05, 0) is 49.7 Å². The van der Waals surface area contributed by atoms with Crippen molar-refractivity contribution in [3.8, 4) is 5.75 Å². The maximum atomic E-state index is 9.45. The first-order valence-corrected chi connectivity index (χ1v) is 7.46. The van der Waals surface area contributed by atoms with Gasteiger partial charge in [0.1, 0.15) is 5.75 Å². The molecule has 0 aromatic heterocycles. The predicted molar refractivity (Wildman–Crippen MR) is 85.7 cm³/mol. The van der Waals surface area contributed by atoms with Crippen LogP contribution in [0.15, 0.2) is 18.2 Å². The van der Waals surface area contributed by atoms with Gasteiger partial charge in [-0.1, -0.05) is 11.6 Å². The van der Waals surface area contributed by atoms with Gasteiger partial charge in [0.25, 0.3) is 0 Å². The van der Waals surface area contributed by atoms with E-state index in [-0.39, 0.29) is 12.6 Å². The predicted octanol–water partition coefficient (Wildman–Crippen LogP) is 2.89. The summed E-state index contributed by atoms with van der Waals surface area (Å²) >= 11 is 11.5. The number of nitrogens with zero attached hydrogens (tertiary/aromatic N) is 1. The zero-order chi connectivity index (χ0) is 14.5. The number of benzene rings is 1. The number of ether oxygens (including phenoxy) is 1. The maximum absolute atomic E-state index is 9.45. The first-order valence-electron chi connectivity index (χ1n) is 6.67. The molecule has 1 atom stereocenters. The first kappa shape index (κ1) is 15.4. The smallest absolute Gasteiger partial charge is 0.173 e. The fourth-order valence-corrected chi connectivity index (χ4v) is 2.95. The molecule has 6 heteroatoms. The number of aliphatic hydroxyl groups excluding tert-OH is 1. The Morgan fingerprint density at radius 2 is 2.35 bits per heavy atom. The molecule has 0 saturated carbocycles. The van der Waals surface area contributed by atoms with Crippen molar-refractivity contribution in [2.24, 2.45) is 0 Å². The highest BCUT2D eigenvalue weighted by atomic mass is 35.5. The summed E-state index contributed by atoms with van der Waals surface area (Å²) in [5.74, 6) is 0.689. The van der Waals surface area contributed by atoms with Crippen molar-refractivity contribution in [3.63, 3.8) is 0 Å². The quantitative estimate of drug-likeness (QED) is 0.840. The molecule has 0 unspecified atom stereocenters. The third-order valence-corrected chi connectivity index (χ3v) is 4.07. The van der Waals surface area contributed by atoms with Gasteiger partial charge in [0.05, 0.1) is 25.4 Å². The van der Waals surface area contributed by atoms with Crippen molar-refractivity contribution >= 4 is 34.6 Å². The van der Waals surface area contributed by atoms with Crippen LogP contribution in [0.2, 0.25) is 5.02 Å². The molecule has 0 amide bonds. The Kier molecular flexibility index (Phi) is 5.46. The molecule has 110 valence electrons. The van der Waals surface area contributed by atoms with Gasteiger partial charge >= 0.3 is 0 Å². The van der Waals surface area contributed by atoms with Gasteiger partial charge in [0, 0.05) is 11.6 Å². The molecule has 0 aliphatic carbocycles. The Balaban J connectivity index is 2.12. The molecular formula is C14H19ClN2O2S. The molecule has 1 aliphatic rings. The summed E-state index contributed by atoms with van der Waals surface area (Å²) in [6.45, 7) is 0.981. The Hall–Kier alpha value is -1.04. The van der Waals surface area contributed by atoms with E-state index in [1.807, 2.05) is 4.90 Å². The summed E-state index contributed by atoms with van der Waals surface area (Å²) in [7, 11) is 1.61. The number of hydrogen-bond donors (Lipinski definition) is 2. The number of likely N-dealkylation sites (tertiary alicyclic amines) is 1. The van der Waals surface area contributed by atoms with E-state index >= 15 is 0 Å². The van der Waals surface area contributed by atoms with Crippen LogP contribution in [0.5, 0.6) is 5.75 Å². The van der Waals surface area contributed by atoms with Crippen molar-refractivity contribution in [2.75, 3.05) is 25.6 Å². The minimum absolute atomic E-state index is 0.0916. The number of methoxy groups -OCH3 is 1. The Morgan fingerprint density at radius 1 is 1.55 bits per heavy atom. The highest BCUT2D eigenvalue weighted by molar-refractivity contribution is 7.80. The van der Waals surface area contributed by atoms with E-state index in [1.54, 1.807) is 25.3 Å². The Labute approximate surface area is 129 Å². The third kappa shape index (κ3) is 3.53. The highest BCUT2D eigenvalue weighted by Gasteiger charge is 2.24. The van der Waals surface area contributed by atoms with Crippen LogP contribution >= 0.6 is 23.8 Å². The van der Waals surface area contributed by atoms with Crippen LogP contribution in [0.3, 0.4) is 0 Å². The second-order valence-corrected chi connectivity index (χ2v) is 5.62. The summed E-state index contributed by atoms with van der Waals surface area (Å²) in [4.78, 5) is 2.04. The second-order valence-electron chi connectivity index (χ2n) is 4.80. The number of aliphatic hydroxyl groups is 1. The molecule has 1 aromatic carbocycles. The lowest BCUT2D eigenvalue weighted by molar-refractivity contribution is 0.149. The minimum Gasteiger partial charge on any atom is -0.495 e. The van der Waals surface area contributed by atoms with Crippen molar-refractivity contribution in [1.29, 1.82) is 0 Å². The molecule has 0 bridgehead atoms. The van der Waals surface area contributed by atoms with E-state index in [0.717, 1.165) is 31.5 Å². The van der Waals surface area contributed by atoms with E-state index in [2.05, 4.69) is 5.32 Å². The van der Waals surface area contributed by atoms with Crippen LogP contribution in [0.25, 0.3) is 0 Å². The molecule has 20 heavy (non-hydrogen) atoms. The molecule has 0 radical (unpaired) electrons. The van der Waals surface area contributed by atoms with Gasteiger partial charge in [0.15, 0.2) is 5.11 Å². The summed E-state index contributed by atoms with van der Waals surface area (Å²) < 4.78 is 5.29. The highest BCUT2D eigenvalue weighted by Crippen LogP contribution is 2.28. The van der Waals surface area contributed by atoms with Crippen molar-refractivity contribution in [1.82, 2.24) is 4.90 Å². The lowest BCUT2D eigenvalue weighted by Gasteiger charge is -2.36. The largest absolute Gasteiger partial charge is 0.495 e. The van der Waals surface area contributed by atoms with Crippen LogP contribution < -0.4 is 10.1 Å². The minimum atomic E-state index is 0.0916. The number of rotatable bonds is 3. The van der Waals surface area contributed by atoms with Crippen molar-refractivity contribution in [2.45, 2.75) is 25.3 Å². The molecule has 1 saturated heterocycles. The fourth-order valence-electron chi connectivity index (χ4n) is 2.42. The fraction of sp³-hybridized carbons (Fsp3) is 0.500. The van der Waals surface area contributed by atoms with E-state index in [4.69, 9.17) is 28.6 Å². The van der Waals surface area contributed by atoms with Crippen LogP contribution in [-0.4, -0.2) is 41.4 Å². The topological polar surface area (TPSA) is 44.7 Å². The molecule has 1 heterocycles. The van der Waals surface area contributed by atoms with Crippen molar-refractivity contribution < 1.29 is 9.84 Å². The van der Waals surface area contributed by atoms with Gasteiger partial charge in [-0.15, -0.1) is 0 Å². The Morgan fingerprint density at radius 3 is 3.05 bits per heavy atom. The maximum Gasteiger partial charge on any atom is 0.173 e.